The molecule has 4 atom stereocenters. The summed E-state index contributed by atoms with van der Waals surface area (Å²) >= 11 is 6.44. The summed E-state index contributed by atoms with van der Waals surface area (Å²) in [4.78, 5) is 46.0. The molecule has 3 aliphatic rings. The number of para-hydroxylation sites is 1. The van der Waals surface area contributed by atoms with Crippen molar-refractivity contribution in [3.05, 3.63) is 100 Å². The molecule has 0 radical (unpaired) electrons. The third kappa shape index (κ3) is 4.16. The molecule has 1 spiro atoms. The molecule has 6 rings (SSSR count). The maximum atomic E-state index is 14.9. The number of halogens is 1. The highest BCUT2D eigenvalue weighted by Gasteiger charge is 2.71. The largest absolute Gasteiger partial charge is 0.352 e. The minimum atomic E-state index is -1.31. The Kier molecular flexibility index (Phi) is 6.73. The van der Waals surface area contributed by atoms with E-state index in [2.05, 4.69) is 25.2 Å². The van der Waals surface area contributed by atoms with Gasteiger partial charge in [-0.1, -0.05) is 94.8 Å². The molecule has 3 heterocycles. The lowest BCUT2D eigenvalue weighted by molar-refractivity contribution is -0.128. The van der Waals surface area contributed by atoms with Gasteiger partial charge < -0.3 is 10.2 Å². The fourth-order valence-corrected chi connectivity index (χ4v) is 7.48. The van der Waals surface area contributed by atoms with Crippen LogP contribution in [0.2, 0.25) is 5.02 Å². The van der Waals surface area contributed by atoms with Crippen LogP contribution >= 0.6 is 11.6 Å². The minimum Gasteiger partial charge on any atom is -0.352 e. The van der Waals surface area contributed by atoms with Gasteiger partial charge in [-0.3, -0.25) is 14.4 Å². The SMILES string of the molecule is CC1=C[C@@H]2N(c3ccc(Cl)cc31)[C@H](C(=O)C(C)(C)C)[C@@H](C(=O)c1ccc(CC(C)C)cc1)[C@@]21C(=O)Nc2ccccc21. The van der Waals surface area contributed by atoms with E-state index in [9.17, 15) is 14.4 Å². The van der Waals surface area contributed by atoms with E-state index in [1.807, 2.05) is 99.3 Å². The number of carbonyl (C=O) groups excluding carboxylic acids is 3. The van der Waals surface area contributed by atoms with E-state index in [0.717, 1.165) is 34.4 Å². The van der Waals surface area contributed by atoms with E-state index in [-0.39, 0.29) is 17.5 Å². The van der Waals surface area contributed by atoms with Crippen molar-refractivity contribution in [3.63, 3.8) is 0 Å². The van der Waals surface area contributed by atoms with Crippen LogP contribution in [0.15, 0.2) is 72.8 Å². The van der Waals surface area contributed by atoms with Crippen molar-refractivity contribution < 1.29 is 14.4 Å². The zero-order chi connectivity index (χ0) is 30.1. The Bertz CT molecular complexity index is 1650. The Labute approximate surface area is 253 Å². The Balaban J connectivity index is 1.64. The molecule has 0 aromatic heterocycles. The number of amides is 1. The number of fused-ring (bicyclic) bond motifs is 6. The van der Waals surface area contributed by atoms with Crippen molar-refractivity contribution in [2.75, 3.05) is 10.2 Å². The number of nitrogens with zero attached hydrogens (tertiary/aromatic N) is 1. The number of nitrogens with one attached hydrogen (secondary N) is 1. The van der Waals surface area contributed by atoms with E-state index < -0.39 is 28.8 Å². The summed E-state index contributed by atoms with van der Waals surface area (Å²) in [5.74, 6) is -1.00. The molecule has 1 fully saturated rings. The molecule has 0 aliphatic carbocycles. The summed E-state index contributed by atoms with van der Waals surface area (Å²) in [6.07, 6.45) is 2.96. The summed E-state index contributed by atoms with van der Waals surface area (Å²) in [5.41, 5.74) is 3.69. The van der Waals surface area contributed by atoms with E-state index >= 15 is 0 Å². The number of Topliss-reactive ketones (excluding diaryl/α,β-unsaturated/α-hetero) is 2. The highest BCUT2D eigenvalue weighted by atomic mass is 35.5. The van der Waals surface area contributed by atoms with Crippen molar-refractivity contribution in [2.24, 2.45) is 17.3 Å². The van der Waals surface area contributed by atoms with Crippen LogP contribution in [0, 0.1) is 17.3 Å². The van der Waals surface area contributed by atoms with Gasteiger partial charge >= 0.3 is 0 Å². The lowest BCUT2D eigenvalue weighted by atomic mass is 9.63. The molecule has 3 aromatic rings. The molecular formula is C36H37ClN2O3. The first-order valence-electron chi connectivity index (χ1n) is 14.7. The van der Waals surface area contributed by atoms with Crippen LogP contribution in [-0.2, 0) is 21.4 Å². The third-order valence-corrected chi connectivity index (χ3v) is 9.35. The Morgan fingerprint density at radius 1 is 1.02 bits per heavy atom. The first kappa shape index (κ1) is 28.4. The molecule has 1 amide bonds. The lowest BCUT2D eigenvalue weighted by Crippen LogP contribution is -2.51. The van der Waals surface area contributed by atoms with Crippen LogP contribution in [0.1, 0.15) is 68.6 Å². The van der Waals surface area contributed by atoms with E-state index in [0.29, 0.717) is 22.2 Å². The molecule has 3 aliphatic heterocycles. The Morgan fingerprint density at radius 3 is 2.38 bits per heavy atom. The Morgan fingerprint density at radius 2 is 1.71 bits per heavy atom. The summed E-state index contributed by atoms with van der Waals surface area (Å²) in [6, 6.07) is 19.5. The number of allylic oxidation sites excluding steroid dienone is 1. The second-order valence-electron chi connectivity index (χ2n) is 13.4. The van der Waals surface area contributed by atoms with Crippen molar-refractivity contribution >= 4 is 46.0 Å². The monoisotopic (exact) mass is 580 g/mol. The van der Waals surface area contributed by atoms with Crippen LogP contribution < -0.4 is 10.2 Å². The fourth-order valence-electron chi connectivity index (χ4n) is 7.30. The molecule has 1 N–H and O–H groups in total. The molecule has 1 saturated heterocycles. The minimum absolute atomic E-state index is 0.0785. The number of hydrogen-bond acceptors (Lipinski definition) is 4. The third-order valence-electron chi connectivity index (χ3n) is 9.11. The van der Waals surface area contributed by atoms with Crippen molar-refractivity contribution in [3.8, 4) is 0 Å². The van der Waals surface area contributed by atoms with Gasteiger partial charge in [0.2, 0.25) is 5.91 Å². The predicted octanol–water partition coefficient (Wildman–Crippen LogP) is 7.52. The molecule has 0 saturated carbocycles. The van der Waals surface area contributed by atoms with E-state index in [4.69, 9.17) is 11.6 Å². The molecule has 5 nitrogen and oxygen atoms in total. The van der Waals surface area contributed by atoms with Gasteiger partial charge in [0.05, 0.1) is 12.0 Å². The summed E-state index contributed by atoms with van der Waals surface area (Å²) in [6.45, 7) is 12.0. The molecule has 0 unspecified atom stereocenters. The van der Waals surface area contributed by atoms with Crippen molar-refractivity contribution in [1.82, 2.24) is 0 Å². The zero-order valence-corrected chi connectivity index (χ0v) is 25.8. The zero-order valence-electron chi connectivity index (χ0n) is 25.0. The van der Waals surface area contributed by atoms with Crippen molar-refractivity contribution in [2.45, 2.75) is 65.5 Å². The predicted molar refractivity (Wildman–Crippen MR) is 169 cm³/mol. The molecule has 0 bridgehead atoms. The topological polar surface area (TPSA) is 66.5 Å². The van der Waals surface area contributed by atoms with Gasteiger partial charge in [-0.05, 0) is 60.2 Å². The summed E-state index contributed by atoms with van der Waals surface area (Å²) < 4.78 is 0. The number of benzene rings is 3. The second kappa shape index (κ2) is 9.95. The van der Waals surface area contributed by atoms with Gasteiger partial charge in [-0.15, -0.1) is 0 Å². The van der Waals surface area contributed by atoms with Crippen LogP contribution in [0.5, 0.6) is 0 Å². The maximum absolute atomic E-state index is 14.9. The van der Waals surface area contributed by atoms with E-state index in [1.165, 1.54) is 0 Å². The number of rotatable bonds is 5. The van der Waals surface area contributed by atoms with Crippen LogP contribution in [0.25, 0.3) is 5.57 Å². The van der Waals surface area contributed by atoms with Gasteiger partial charge in [0, 0.05) is 32.9 Å². The molecular weight excluding hydrogens is 544 g/mol. The van der Waals surface area contributed by atoms with Crippen LogP contribution in [-0.4, -0.2) is 29.6 Å². The van der Waals surface area contributed by atoms with Gasteiger partial charge in [-0.25, -0.2) is 0 Å². The quantitative estimate of drug-likeness (QED) is 0.317. The molecule has 42 heavy (non-hydrogen) atoms. The van der Waals surface area contributed by atoms with E-state index in [1.54, 1.807) is 0 Å². The van der Waals surface area contributed by atoms with Crippen molar-refractivity contribution in [1.29, 1.82) is 0 Å². The van der Waals surface area contributed by atoms with Crippen LogP contribution in [0.4, 0.5) is 11.4 Å². The highest BCUT2D eigenvalue weighted by molar-refractivity contribution is 6.31. The van der Waals surface area contributed by atoms with Gasteiger partial charge in [0.15, 0.2) is 11.6 Å². The van der Waals surface area contributed by atoms with Gasteiger partial charge in [0.1, 0.15) is 11.5 Å². The highest BCUT2D eigenvalue weighted by Crippen LogP contribution is 2.59. The first-order chi connectivity index (χ1) is 19.9. The number of anilines is 2. The molecule has 6 heteroatoms. The molecule has 216 valence electrons. The Hall–Kier alpha value is -3.70. The van der Waals surface area contributed by atoms with Crippen LogP contribution in [0.3, 0.4) is 0 Å². The van der Waals surface area contributed by atoms with Gasteiger partial charge in [-0.2, -0.15) is 0 Å². The second-order valence-corrected chi connectivity index (χ2v) is 13.9. The summed E-state index contributed by atoms with van der Waals surface area (Å²) in [7, 11) is 0. The normalized spacial score (nSPS) is 24.3. The maximum Gasteiger partial charge on any atom is 0.238 e. The standard InChI is InChI=1S/C36H37ClN2O3/c1-20(2)17-22-11-13-23(14-12-22)32(40)30-31(33(41)35(4,5)6)39-28-16-15-24(37)19-25(28)21(3)18-29(39)36(30)26-9-7-8-10-27(26)38-34(36)42/h7-16,18-20,29-31H,17H2,1-6H3,(H,38,42)/t29-,30-,31-,36-/m0/s1. The number of ketones is 2. The molecule has 3 aromatic carbocycles. The smallest absolute Gasteiger partial charge is 0.238 e. The first-order valence-corrected chi connectivity index (χ1v) is 15.1. The summed E-state index contributed by atoms with van der Waals surface area (Å²) in [5, 5.41) is 3.69. The van der Waals surface area contributed by atoms with Gasteiger partial charge in [0.25, 0.3) is 0 Å². The number of carbonyl (C=O) groups is 3. The average Bonchev–Trinajstić information content (AvgIpc) is 3.40. The fraction of sp³-hybridized carbons (Fsp3) is 0.361. The lowest BCUT2D eigenvalue weighted by Gasteiger charge is -2.40. The number of hydrogen-bond donors (Lipinski definition) is 1. The average molecular weight is 581 g/mol.